The molecule has 0 saturated carbocycles. The van der Waals surface area contributed by atoms with Gasteiger partial charge in [-0.15, -0.1) is 0 Å². The van der Waals surface area contributed by atoms with Gasteiger partial charge in [0.1, 0.15) is 23.1 Å². The van der Waals surface area contributed by atoms with E-state index in [0.29, 0.717) is 5.75 Å². The number of thiol groups is 1. The molecule has 0 bridgehead atoms. The maximum Gasteiger partial charge on any atom is 0.228 e. The van der Waals surface area contributed by atoms with Crippen molar-refractivity contribution in [2.75, 3.05) is 5.32 Å². The van der Waals surface area contributed by atoms with E-state index in [2.05, 4.69) is 5.32 Å². The van der Waals surface area contributed by atoms with Gasteiger partial charge in [-0.1, -0.05) is 18.2 Å². The number of carbonyl (C=O) groups excluding carboxylic acids is 1. The summed E-state index contributed by atoms with van der Waals surface area (Å²) in [7, 11) is -2.94. The van der Waals surface area contributed by atoms with Crippen molar-refractivity contribution in [3.63, 3.8) is 0 Å². The Bertz CT molecular complexity index is 1070. The summed E-state index contributed by atoms with van der Waals surface area (Å²) in [6, 6.07) is 15.0. The van der Waals surface area contributed by atoms with E-state index in [1.165, 1.54) is 60.7 Å². The molecule has 0 fully saturated rings. The standard InChI is InChI=1S/C20H15F2NO4S/c21-14-5-7-16(8-6-14)27-17-10-15(11-18(12-17)28(25)26)23-20(24)9-13-3-1-2-4-19(13)22/h1-8,10-12,28H,9H2,(H,23,24). The van der Waals surface area contributed by atoms with Crippen molar-refractivity contribution < 1.29 is 26.7 Å². The van der Waals surface area contributed by atoms with Gasteiger partial charge in [-0.05, 0) is 48.0 Å². The van der Waals surface area contributed by atoms with Crippen LogP contribution in [0.3, 0.4) is 0 Å². The minimum absolute atomic E-state index is 0.0733. The van der Waals surface area contributed by atoms with Crippen molar-refractivity contribution in [1.82, 2.24) is 0 Å². The number of benzene rings is 3. The molecule has 0 spiro atoms. The van der Waals surface area contributed by atoms with Gasteiger partial charge in [0.2, 0.25) is 5.91 Å². The predicted molar refractivity (Wildman–Crippen MR) is 100 cm³/mol. The first-order valence-corrected chi connectivity index (χ1v) is 9.34. The lowest BCUT2D eigenvalue weighted by Crippen LogP contribution is -2.15. The second-order valence-corrected chi connectivity index (χ2v) is 6.88. The van der Waals surface area contributed by atoms with Crippen LogP contribution in [-0.2, 0) is 21.9 Å². The van der Waals surface area contributed by atoms with Gasteiger partial charge in [-0.2, -0.15) is 0 Å². The Hall–Kier alpha value is -3.26. The molecule has 1 N–H and O–H groups in total. The third-order valence-corrected chi connectivity index (χ3v) is 4.42. The van der Waals surface area contributed by atoms with Crippen LogP contribution in [0.2, 0.25) is 0 Å². The molecular weight excluding hydrogens is 388 g/mol. The van der Waals surface area contributed by atoms with Gasteiger partial charge in [0.25, 0.3) is 0 Å². The number of halogens is 2. The highest BCUT2D eigenvalue weighted by Gasteiger charge is 2.11. The molecular formula is C20H15F2NO4S. The Balaban J connectivity index is 1.81. The summed E-state index contributed by atoms with van der Waals surface area (Å²) in [5.41, 5.74) is 0.393. The van der Waals surface area contributed by atoms with Crippen molar-refractivity contribution >= 4 is 22.3 Å². The number of hydrogen-bond acceptors (Lipinski definition) is 4. The summed E-state index contributed by atoms with van der Waals surface area (Å²) < 4.78 is 55.0. The highest BCUT2D eigenvalue weighted by Crippen LogP contribution is 2.27. The molecule has 0 saturated heterocycles. The van der Waals surface area contributed by atoms with Gasteiger partial charge in [0.15, 0.2) is 10.7 Å². The second kappa shape index (κ2) is 8.62. The molecule has 0 aliphatic rings. The lowest BCUT2D eigenvalue weighted by molar-refractivity contribution is -0.115. The van der Waals surface area contributed by atoms with Crippen LogP contribution in [0, 0.1) is 11.6 Å². The molecule has 28 heavy (non-hydrogen) atoms. The number of ether oxygens (including phenoxy) is 1. The minimum Gasteiger partial charge on any atom is -0.457 e. The molecule has 5 nitrogen and oxygen atoms in total. The fraction of sp³-hybridized carbons (Fsp3) is 0.0500. The van der Waals surface area contributed by atoms with Gasteiger partial charge < -0.3 is 10.1 Å². The van der Waals surface area contributed by atoms with E-state index in [9.17, 15) is 22.0 Å². The van der Waals surface area contributed by atoms with Crippen LogP contribution in [0.15, 0.2) is 71.6 Å². The summed E-state index contributed by atoms with van der Waals surface area (Å²) in [6.45, 7) is 0. The highest BCUT2D eigenvalue weighted by atomic mass is 32.2. The van der Waals surface area contributed by atoms with Crippen molar-refractivity contribution in [1.29, 1.82) is 0 Å². The largest absolute Gasteiger partial charge is 0.457 e. The molecule has 1 amide bonds. The highest BCUT2D eigenvalue weighted by molar-refractivity contribution is 7.72. The molecule has 3 rings (SSSR count). The van der Waals surface area contributed by atoms with E-state index in [1.54, 1.807) is 6.07 Å². The Labute approximate surface area is 161 Å². The number of carbonyl (C=O) groups is 1. The van der Waals surface area contributed by atoms with Crippen LogP contribution in [0.4, 0.5) is 14.5 Å². The molecule has 0 atom stereocenters. The van der Waals surface area contributed by atoms with Crippen LogP contribution in [0.25, 0.3) is 0 Å². The number of anilines is 1. The van der Waals surface area contributed by atoms with Gasteiger partial charge in [-0.25, -0.2) is 17.2 Å². The molecule has 0 aliphatic carbocycles. The molecule has 0 heterocycles. The molecule has 8 heteroatoms. The first-order chi connectivity index (χ1) is 13.4. The van der Waals surface area contributed by atoms with Gasteiger partial charge in [0.05, 0.1) is 11.3 Å². The van der Waals surface area contributed by atoms with E-state index < -0.39 is 28.2 Å². The zero-order valence-electron chi connectivity index (χ0n) is 14.4. The molecule has 144 valence electrons. The summed E-state index contributed by atoms with van der Waals surface area (Å²) in [5, 5.41) is 2.54. The van der Waals surface area contributed by atoms with Crippen molar-refractivity contribution in [2.45, 2.75) is 11.3 Å². The van der Waals surface area contributed by atoms with Crippen LogP contribution in [-0.4, -0.2) is 14.3 Å². The van der Waals surface area contributed by atoms with E-state index in [1.807, 2.05) is 0 Å². The second-order valence-electron chi connectivity index (χ2n) is 5.85. The SMILES string of the molecule is O=C(Cc1ccccc1F)Nc1cc(Oc2ccc(F)cc2)cc([SH](=O)=O)c1. The fourth-order valence-corrected chi connectivity index (χ4v) is 2.96. The lowest BCUT2D eigenvalue weighted by atomic mass is 10.1. The van der Waals surface area contributed by atoms with Crippen molar-refractivity contribution in [3.8, 4) is 11.5 Å². The molecule has 0 aliphatic heterocycles. The smallest absolute Gasteiger partial charge is 0.228 e. The summed E-state index contributed by atoms with van der Waals surface area (Å²) in [4.78, 5) is 12.1. The van der Waals surface area contributed by atoms with Gasteiger partial charge >= 0.3 is 0 Å². The molecule has 0 aromatic heterocycles. The Morgan fingerprint density at radius 2 is 1.64 bits per heavy atom. The zero-order valence-corrected chi connectivity index (χ0v) is 15.3. The maximum atomic E-state index is 13.7. The third-order valence-electron chi connectivity index (χ3n) is 3.74. The van der Waals surface area contributed by atoms with Crippen molar-refractivity contribution in [2.24, 2.45) is 0 Å². The Morgan fingerprint density at radius 3 is 2.32 bits per heavy atom. The molecule has 3 aromatic carbocycles. The number of nitrogens with one attached hydrogen (secondary N) is 1. The third kappa shape index (κ3) is 5.14. The van der Waals surface area contributed by atoms with Crippen LogP contribution in [0.5, 0.6) is 11.5 Å². The van der Waals surface area contributed by atoms with Crippen LogP contribution in [0.1, 0.15) is 5.56 Å². The fourth-order valence-electron chi connectivity index (χ4n) is 2.48. The molecule has 0 radical (unpaired) electrons. The topological polar surface area (TPSA) is 72.5 Å². The van der Waals surface area contributed by atoms with E-state index >= 15 is 0 Å². The van der Waals surface area contributed by atoms with Crippen LogP contribution >= 0.6 is 0 Å². The Morgan fingerprint density at radius 1 is 0.929 bits per heavy atom. The number of amides is 1. The van der Waals surface area contributed by atoms with Gasteiger partial charge in [0, 0.05) is 11.8 Å². The lowest BCUT2D eigenvalue weighted by Gasteiger charge is -2.11. The van der Waals surface area contributed by atoms with E-state index in [0.717, 1.165) is 0 Å². The predicted octanol–water partition coefficient (Wildman–Crippen LogP) is 3.91. The number of hydrogen-bond donors (Lipinski definition) is 2. The number of rotatable bonds is 6. The molecule has 3 aromatic rings. The summed E-state index contributed by atoms with van der Waals surface area (Å²) in [6.07, 6.45) is -0.214. The Kier molecular flexibility index (Phi) is 6.00. The quantitative estimate of drug-likeness (QED) is 0.612. The normalized spacial score (nSPS) is 10.7. The maximum absolute atomic E-state index is 13.7. The van der Waals surface area contributed by atoms with Crippen LogP contribution < -0.4 is 10.1 Å². The minimum atomic E-state index is -2.94. The van der Waals surface area contributed by atoms with E-state index in [4.69, 9.17) is 4.74 Å². The summed E-state index contributed by atoms with van der Waals surface area (Å²) in [5.74, 6) is -1.02. The average Bonchev–Trinajstić information content (AvgIpc) is 2.65. The first kappa shape index (κ1) is 19.5. The zero-order chi connectivity index (χ0) is 20.1. The van der Waals surface area contributed by atoms with Gasteiger partial charge in [-0.3, -0.25) is 4.79 Å². The first-order valence-electron chi connectivity index (χ1n) is 8.17. The van der Waals surface area contributed by atoms with Crippen molar-refractivity contribution in [3.05, 3.63) is 83.9 Å². The summed E-state index contributed by atoms with van der Waals surface area (Å²) >= 11 is 0. The molecule has 0 unspecified atom stereocenters. The average molecular weight is 403 g/mol. The monoisotopic (exact) mass is 403 g/mol. The van der Waals surface area contributed by atoms with E-state index in [-0.39, 0.29) is 28.3 Å².